The number of rotatable bonds is 10. The fourth-order valence-electron chi connectivity index (χ4n) is 10.5. The first-order valence-corrected chi connectivity index (χ1v) is 20.5. The lowest BCUT2D eigenvalue weighted by Gasteiger charge is -2.38. The predicted octanol–water partition coefficient (Wildman–Crippen LogP) is 14.7. The molecule has 272 valence electrons. The van der Waals surface area contributed by atoms with Crippen LogP contribution in [-0.2, 0) is 10.8 Å². The Labute approximate surface area is 328 Å². The molecule has 3 aliphatic rings. The summed E-state index contributed by atoms with van der Waals surface area (Å²) in [6.07, 6.45) is 16.4. The fraction of sp³-hybridized carbons (Fsp3) is 0.222. The highest BCUT2D eigenvalue weighted by Crippen LogP contribution is 2.58. The van der Waals surface area contributed by atoms with Crippen molar-refractivity contribution >= 4 is 23.5 Å². The summed E-state index contributed by atoms with van der Waals surface area (Å²) in [6.45, 7) is 9.47. The standard InChI is InChI=1S/C54H51N/c1-5-53(6-2)49-22-16-15-21-45(49)47-33-30-41(36-51(47)53)40-28-25-38(26-29-40)23-24-39-27-32-46-48-34-31-44(37-52(48)54(7-3,8-4)50(46)35-39)55(42-17-11-9-12-18-42)43-19-13-10-14-20-43/h9-37,48,52H,5-8H2,1-4H3/b24-23+. The molecular formula is C54H51N. The van der Waals surface area contributed by atoms with Crippen molar-refractivity contribution in [2.24, 2.45) is 5.92 Å². The molecule has 6 aromatic rings. The zero-order valence-corrected chi connectivity index (χ0v) is 32.7. The van der Waals surface area contributed by atoms with Gasteiger partial charge in [-0.3, -0.25) is 0 Å². The van der Waals surface area contributed by atoms with E-state index >= 15 is 0 Å². The summed E-state index contributed by atoms with van der Waals surface area (Å²) in [5.74, 6) is 0.776. The molecular weight excluding hydrogens is 663 g/mol. The van der Waals surface area contributed by atoms with Gasteiger partial charge in [0.2, 0.25) is 0 Å². The highest BCUT2D eigenvalue weighted by molar-refractivity contribution is 5.84. The topological polar surface area (TPSA) is 3.24 Å². The van der Waals surface area contributed by atoms with E-state index in [9.17, 15) is 0 Å². The highest BCUT2D eigenvalue weighted by atomic mass is 15.1. The molecule has 0 amide bonds. The number of para-hydroxylation sites is 2. The lowest BCUT2D eigenvalue weighted by atomic mass is 9.67. The van der Waals surface area contributed by atoms with Gasteiger partial charge in [0.05, 0.1) is 0 Å². The largest absolute Gasteiger partial charge is 0.311 e. The third-order valence-corrected chi connectivity index (χ3v) is 13.6. The Morgan fingerprint density at radius 2 is 1.13 bits per heavy atom. The molecule has 0 saturated heterocycles. The van der Waals surface area contributed by atoms with Gasteiger partial charge in [-0.2, -0.15) is 0 Å². The van der Waals surface area contributed by atoms with Gasteiger partial charge in [0.1, 0.15) is 0 Å². The van der Waals surface area contributed by atoms with Gasteiger partial charge in [-0.05, 0) is 124 Å². The molecule has 0 N–H and O–H groups in total. The van der Waals surface area contributed by atoms with Crippen molar-refractivity contribution in [3.05, 3.63) is 203 Å². The number of anilines is 2. The molecule has 1 heteroatoms. The Hall–Kier alpha value is -5.66. The number of hydrogen-bond acceptors (Lipinski definition) is 1. The summed E-state index contributed by atoms with van der Waals surface area (Å²) in [5, 5.41) is 0. The minimum atomic E-state index is 0.0743. The van der Waals surface area contributed by atoms with E-state index in [1.807, 2.05) is 0 Å². The third kappa shape index (κ3) is 5.67. The first-order chi connectivity index (χ1) is 27.0. The third-order valence-electron chi connectivity index (χ3n) is 13.6. The number of fused-ring (bicyclic) bond motifs is 6. The van der Waals surface area contributed by atoms with Crippen LogP contribution >= 0.6 is 0 Å². The molecule has 0 aromatic heterocycles. The van der Waals surface area contributed by atoms with Gasteiger partial charge in [0, 0.05) is 33.8 Å². The van der Waals surface area contributed by atoms with Crippen LogP contribution in [0, 0.1) is 5.92 Å². The summed E-state index contributed by atoms with van der Waals surface area (Å²) in [5.41, 5.74) is 17.6. The van der Waals surface area contributed by atoms with Gasteiger partial charge in [-0.25, -0.2) is 0 Å². The summed E-state index contributed by atoms with van der Waals surface area (Å²) in [4.78, 5) is 2.41. The van der Waals surface area contributed by atoms with Crippen LogP contribution in [0.5, 0.6) is 0 Å². The van der Waals surface area contributed by atoms with E-state index in [1.165, 1.54) is 72.7 Å². The molecule has 0 aliphatic heterocycles. The normalized spacial score (nSPS) is 18.4. The molecule has 0 saturated carbocycles. The second kappa shape index (κ2) is 14.2. The minimum absolute atomic E-state index is 0.0743. The molecule has 0 heterocycles. The zero-order valence-electron chi connectivity index (χ0n) is 32.7. The van der Waals surface area contributed by atoms with Crippen LogP contribution in [0.1, 0.15) is 92.7 Å². The molecule has 0 spiro atoms. The monoisotopic (exact) mass is 713 g/mol. The lowest BCUT2D eigenvalue weighted by molar-refractivity contribution is 0.304. The van der Waals surface area contributed by atoms with E-state index in [4.69, 9.17) is 0 Å². The Morgan fingerprint density at radius 1 is 0.527 bits per heavy atom. The van der Waals surface area contributed by atoms with Crippen LogP contribution < -0.4 is 4.90 Å². The first kappa shape index (κ1) is 35.1. The van der Waals surface area contributed by atoms with E-state index in [-0.39, 0.29) is 10.8 Å². The number of allylic oxidation sites excluding steroid dienone is 3. The SMILES string of the molecule is CCC1(CC)c2ccccc2-c2ccc(-c3ccc(/C=C/c4ccc5c(c4)C(CC)(CC)C4C=C(N(c6ccccc6)c6ccccc6)C=CC54)cc3)cc21. The van der Waals surface area contributed by atoms with Crippen LogP contribution in [0.2, 0.25) is 0 Å². The molecule has 6 aromatic carbocycles. The van der Waals surface area contributed by atoms with Crippen LogP contribution in [0.3, 0.4) is 0 Å². The van der Waals surface area contributed by atoms with E-state index < -0.39 is 0 Å². The molecule has 0 radical (unpaired) electrons. The van der Waals surface area contributed by atoms with Gasteiger partial charge < -0.3 is 4.90 Å². The van der Waals surface area contributed by atoms with Gasteiger partial charge in [0.15, 0.2) is 0 Å². The van der Waals surface area contributed by atoms with Crippen molar-refractivity contribution in [3.63, 3.8) is 0 Å². The lowest BCUT2D eigenvalue weighted by Crippen LogP contribution is -2.32. The number of benzene rings is 6. The molecule has 55 heavy (non-hydrogen) atoms. The maximum Gasteiger partial charge on any atom is 0.0461 e. The molecule has 2 atom stereocenters. The van der Waals surface area contributed by atoms with E-state index in [2.05, 4.69) is 209 Å². The molecule has 9 rings (SSSR count). The average molecular weight is 714 g/mol. The van der Waals surface area contributed by atoms with Crippen LogP contribution in [-0.4, -0.2) is 0 Å². The molecule has 2 unspecified atom stereocenters. The van der Waals surface area contributed by atoms with Gasteiger partial charge in [-0.15, -0.1) is 0 Å². The van der Waals surface area contributed by atoms with Crippen molar-refractivity contribution in [2.45, 2.75) is 70.1 Å². The Morgan fingerprint density at radius 3 is 1.80 bits per heavy atom. The van der Waals surface area contributed by atoms with Gasteiger partial charge in [0.25, 0.3) is 0 Å². The van der Waals surface area contributed by atoms with Crippen LogP contribution in [0.25, 0.3) is 34.4 Å². The highest BCUT2D eigenvalue weighted by Gasteiger charge is 2.49. The quantitative estimate of drug-likeness (QED) is 0.128. The molecule has 1 nitrogen and oxygen atoms in total. The van der Waals surface area contributed by atoms with E-state index in [0.717, 1.165) is 25.7 Å². The van der Waals surface area contributed by atoms with Crippen molar-refractivity contribution in [1.29, 1.82) is 0 Å². The van der Waals surface area contributed by atoms with Crippen molar-refractivity contribution in [1.82, 2.24) is 0 Å². The number of nitrogens with zero attached hydrogens (tertiary/aromatic N) is 1. The minimum Gasteiger partial charge on any atom is -0.311 e. The van der Waals surface area contributed by atoms with Crippen molar-refractivity contribution in [3.8, 4) is 22.3 Å². The number of hydrogen-bond donors (Lipinski definition) is 0. The summed E-state index contributed by atoms with van der Waals surface area (Å²) < 4.78 is 0. The van der Waals surface area contributed by atoms with Crippen molar-refractivity contribution < 1.29 is 0 Å². The average Bonchev–Trinajstić information content (AvgIpc) is 3.70. The summed E-state index contributed by atoms with van der Waals surface area (Å²) >= 11 is 0. The predicted molar refractivity (Wildman–Crippen MR) is 235 cm³/mol. The first-order valence-electron chi connectivity index (χ1n) is 20.5. The van der Waals surface area contributed by atoms with Crippen LogP contribution in [0.4, 0.5) is 11.4 Å². The smallest absolute Gasteiger partial charge is 0.0461 e. The van der Waals surface area contributed by atoms with E-state index in [0.29, 0.717) is 11.8 Å². The Kier molecular flexibility index (Phi) is 9.05. The molecule has 0 fully saturated rings. The molecule has 0 bridgehead atoms. The summed E-state index contributed by atoms with van der Waals surface area (Å²) in [6, 6.07) is 54.1. The maximum absolute atomic E-state index is 2.58. The zero-order chi connectivity index (χ0) is 37.6. The van der Waals surface area contributed by atoms with Crippen LogP contribution in [0.15, 0.2) is 170 Å². The van der Waals surface area contributed by atoms with Crippen molar-refractivity contribution in [2.75, 3.05) is 4.90 Å². The maximum atomic E-state index is 2.58. The Bertz CT molecular complexity index is 2380. The molecule has 3 aliphatic carbocycles. The van der Waals surface area contributed by atoms with Gasteiger partial charge >= 0.3 is 0 Å². The summed E-state index contributed by atoms with van der Waals surface area (Å²) in [7, 11) is 0. The van der Waals surface area contributed by atoms with Gasteiger partial charge in [-0.1, -0.05) is 167 Å². The van der Waals surface area contributed by atoms with E-state index in [1.54, 1.807) is 0 Å². The Balaban J connectivity index is 0.992. The second-order valence-electron chi connectivity index (χ2n) is 15.8. The second-order valence-corrected chi connectivity index (χ2v) is 15.8. The fourth-order valence-corrected chi connectivity index (χ4v) is 10.5.